The predicted molar refractivity (Wildman–Crippen MR) is 118 cm³/mol. The molecule has 0 bridgehead atoms. The second-order valence-corrected chi connectivity index (χ2v) is 8.21. The van der Waals surface area contributed by atoms with E-state index in [1.165, 1.54) is 41.6 Å². The van der Waals surface area contributed by atoms with Crippen molar-refractivity contribution in [3.05, 3.63) is 71.6 Å². The van der Waals surface area contributed by atoms with Gasteiger partial charge in [-0.1, -0.05) is 36.0 Å². The van der Waals surface area contributed by atoms with Gasteiger partial charge in [-0.25, -0.2) is 14.4 Å². The van der Waals surface area contributed by atoms with Crippen molar-refractivity contribution in [3.63, 3.8) is 0 Å². The summed E-state index contributed by atoms with van der Waals surface area (Å²) in [5, 5.41) is 15.1. The fourth-order valence-electron chi connectivity index (χ4n) is 2.93. The summed E-state index contributed by atoms with van der Waals surface area (Å²) in [5.74, 6) is -0.259. The van der Waals surface area contributed by atoms with E-state index in [-0.39, 0.29) is 17.5 Å². The zero-order valence-electron chi connectivity index (χ0n) is 15.6. The molecule has 4 aromatic rings. The van der Waals surface area contributed by atoms with Gasteiger partial charge in [0.2, 0.25) is 5.91 Å². The molecule has 0 aliphatic carbocycles. The van der Waals surface area contributed by atoms with E-state index in [2.05, 4.69) is 21.4 Å². The molecule has 2 aromatic heterocycles. The van der Waals surface area contributed by atoms with Crippen molar-refractivity contribution in [3.8, 4) is 17.2 Å². The number of amides is 1. The Hall–Kier alpha value is -3.28. The highest BCUT2D eigenvalue weighted by molar-refractivity contribution is 8.00. The van der Waals surface area contributed by atoms with Gasteiger partial charge in [0.15, 0.2) is 0 Å². The highest BCUT2D eigenvalue weighted by atomic mass is 32.2. The summed E-state index contributed by atoms with van der Waals surface area (Å²) in [6, 6.07) is 15.6. The van der Waals surface area contributed by atoms with Crippen molar-refractivity contribution < 1.29 is 9.18 Å². The van der Waals surface area contributed by atoms with Gasteiger partial charge in [0.25, 0.3) is 0 Å². The Morgan fingerprint density at radius 2 is 1.90 bits per heavy atom. The van der Waals surface area contributed by atoms with Crippen LogP contribution in [0.1, 0.15) is 5.56 Å². The van der Waals surface area contributed by atoms with Crippen LogP contribution in [0, 0.1) is 17.1 Å². The number of carbonyl (C=O) groups is 1. The molecule has 0 spiro atoms. The number of benzene rings is 2. The van der Waals surface area contributed by atoms with Gasteiger partial charge in [0.05, 0.1) is 23.6 Å². The molecule has 0 saturated heterocycles. The van der Waals surface area contributed by atoms with Gasteiger partial charge in [0, 0.05) is 16.6 Å². The van der Waals surface area contributed by atoms with Gasteiger partial charge < -0.3 is 5.32 Å². The lowest BCUT2D eigenvalue weighted by atomic mass is 10.1. The molecule has 4 rings (SSSR count). The smallest absolute Gasteiger partial charge is 0.234 e. The maximum absolute atomic E-state index is 13.3. The van der Waals surface area contributed by atoms with E-state index in [9.17, 15) is 9.18 Å². The van der Waals surface area contributed by atoms with E-state index in [4.69, 9.17) is 5.26 Å². The Labute approximate surface area is 180 Å². The normalized spacial score (nSPS) is 10.7. The maximum Gasteiger partial charge on any atom is 0.234 e. The first kappa shape index (κ1) is 20.0. The third-order valence-corrected chi connectivity index (χ3v) is 6.23. The van der Waals surface area contributed by atoms with E-state index in [1.807, 2.05) is 17.5 Å². The molecule has 5 nitrogen and oxygen atoms in total. The molecule has 0 fully saturated rings. The van der Waals surface area contributed by atoms with E-state index in [0.29, 0.717) is 17.1 Å². The number of halogens is 1. The van der Waals surface area contributed by atoms with E-state index >= 15 is 0 Å². The fourth-order valence-corrected chi connectivity index (χ4v) is 4.72. The summed E-state index contributed by atoms with van der Waals surface area (Å²) in [4.78, 5) is 21.9. The molecule has 0 aliphatic rings. The molecule has 0 radical (unpaired) electrons. The summed E-state index contributed by atoms with van der Waals surface area (Å²) in [7, 11) is 0. The van der Waals surface area contributed by atoms with Crippen LogP contribution in [0.5, 0.6) is 0 Å². The van der Waals surface area contributed by atoms with Crippen LogP contribution in [0.4, 0.5) is 10.1 Å². The minimum atomic E-state index is -0.290. The van der Waals surface area contributed by atoms with E-state index in [0.717, 1.165) is 26.9 Å². The molecule has 2 aromatic carbocycles. The molecule has 0 unspecified atom stereocenters. The van der Waals surface area contributed by atoms with E-state index < -0.39 is 0 Å². The summed E-state index contributed by atoms with van der Waals surface area (Å²) in [6.45, 7) is 0. The topological polar surface area (TPSA) is 78.7 Å². The molecule has 0 atom stereocenters. The average Bonchev–Trinajstić information content (AvgIpc) is 3.19. The van der Waals surface area contributed by atoms with Crippen LogP contribution in [0.2, 0.25) is 0 Å². The van der Waals surface area contributed by atoms with Crippen LogP contribution in [0.15, 0.2) is 65.3 Å². The first-order chi connectivity index (χ1) is 14.6. The molecule has 1 amide bonds. The lowest BCUT2D eigenvalue weighted by molar-refractivity contribution is -0.113. The number of nitrogens with zero attached hydrogens (tertiary/aromatic N) is 3. The maximum atomic E-state index is 13.3. The monoisotopic (exact) mass is 434 g/mol. The summed E-state index contributed by atoms with van der Waals surface area (Å²) >= 11 is 2.82. The zero-order chi connectivity index (χ0) is 20.9. The van der Waals surface area contributed by atoms with Gasteiger partial charge in [0.1, 0.15) is 22.0 Å². The summed E-state index contributed by atoms with van der Waals surface area (Å²) in [5.41, 5.74) is 3.38. The predicted octanol–water partition coefficient (Wildman–Crippen LogP) is 5.29. The SMILES string of the molecule is N#CCc1ccc(NC(=O)CSc2ncnc3scc(-c4ccc(F)cc4)c23)cc1. The number of hydrogen-bond donors (Lipinski definition) is 1. The molecule has 30 heavy (non-hydrogen) atoms. The molecule has 1 N–H and O–H groups in total. The van der Waals surface area contributed by atoms with Crippen LogP contribution in [0.25, 0.3) is 21.3 Å². The number of aromatic nitrogens is 2. The zero-order valence-corrected chi connectivity index (χ0v) is 17.3. The van der Waals surface area contributed by atoms with Gasteiger partial charge >= 0.3 is 0 Å². The van der Waals surface area contributed by atoms with Crippen molar-refractivity contribution in [2.24, 2.45) is 0 Å². The van der Waals surface area contributed by atoms with Crippen LogP contribution in [-0.2, 0) is 11.2 Å². The number of nitriles is 1. The van der Waals surface area contributed by atoms with Crippen LogP contribution >= 0.6 is 23.1 Å². The van der Waals surface area contributed by atoms with E-state index in [1.54, 1.807) is 24.3 Å². The van der Waals surface area contributed by atoms with Crippen molar-refractivity contribution in [1.29, 1.82) is 5.26 Å². The molecular formula is C22H15FN4OS2. The minimum absolute atomic E-state index is 0.154. The van der Waals surface area contributed by atoms with Crippen LogP contribution in [-0.4, -0.2) is 21.6 Å². The number of thioether (sulfide) groups is 1. The number of fused-ring (bicyclic) bond motifs is 1. The van der Waals surface area contributed by atoms with Gasteiger partial charge in [-0.05, 0) is 35.4 Å². The third-order valence-electron chi connectivity index (χ3n) is 4.35. The van der Waals surface area contributed by atoms with Crippen LogP contribution in [0.3, 0.4) is 0 Å². The number of hydrogen-bond acceptors (Lipinski definition) is 6. The summed E-state index contributed by atoms with van der Waals surface area (Å²) < 4.78 is 13.3. The Morgan fingerprint density at radius 1 is 1.13 bits per heavy atom. The molecule has 2 heterocycles. The third kappa shape index (κ3) is 4.48. The number of thiophene rings is 1. The van der Waals surface area contributed by atoms with Crippen molar-refractivity contribution in [2.75, 3.05) is 11.1 Å². The lowest BCUT2D eigenvalue weighted by Crippen LogP contribution is -2.14. The second kappa shape index (κ2) is 9.03. The number of anilines is 1. The number of rotatable bonds is 6. The second-order valence-electron chi connectivity index (χ2n) is 6.38. The number of nitrogens with one attached hydrogen (secondary N) is 1. The van der Waals surface area contributed by atoms with Gasteiger partial charge in [-0.3, -0.25) is 4.79 Å². The molecule has 148 valence electrons. The van der Waals surface area contributed by atoms with Crippen molar-refractivity contribution >= 4 is 44.9 Å². The molecular weight excluding hydrogens is 419 g/mol. The first-order valence-electron chi connectivity index (χ1n) is 9.01. The Bertz CT molecular complexity index is 1230. The number of carbonyl (C=O) groups excluding carboxylic acids is 1. The van der Waals surface area contributed by atoms with Gasteiger partial charge in [-0.2, -0.15) is 5.26 Å². The minimum Gasteiger partial charge on any atom is -0.325 e. The largest absolute Gasteiger partial charge is 0.325 e. The molecule has 8 heteroatoms. The lowest BCUT2D eigenvalue weighted by Gasteiger charge is -2.07. The Balaban J connectivity index is 1.50. The Morgan fingerprint density at radius 3 is 2.63 bits per heavy atom. The van der Waals surface area contributed by atoms with Crippen molar-refractivity contribution in [2.45, 2.75) is 11.4 Å². The fraction of sp³-hybridized carbons (Fsp3) is 0.0909. The van der Waals surface area contributed by atoms with Crippen molar-refractivity contribution in [1.82, 2.24) is 9.97 Å². The first-order valence-corrected chi connectivity index (χ1v) is 10.9. The van der Waals surface area contributed by atoms with Gasteiger partial charge in [-0.15, -0.1) is 11.3 Å². The molecule has 0 aliphatic heterocycles. The Kier molecular flexibility index (Phi) is 6.02. The highest BCUT2D eigenvalue weighted by Gasteiger charge is 2.15. The quantitative estimate of drug-likeness (QED) is 0.329. The standard InChI is InChI=1S/C22H15FN4OS2/c23-16-5-3-15(4-6-16)18-11-29-21-20(18)22(26-13-25-21)30-12-19(28)27-17-7-1-14(2-8-17)9-10-24/h1-8,11,13H,9,12H2,(H,27,28). The van der Waals surface area contributed by atoms with Crippen LogP contribution < -0.4 is 5.32 Å². The molecule has 0 saturated carbocycles. The highest BCUT2D eigenvalue weighted by Crippen LogP contribution is 2.37. The average molecular weight is 435 g/mol. The summed E-state index contributed by atoms with van der Waals surface area (Å²) in [6.07, 6.45) is 1.83.